The highest BCUT2D eigenvalue weighted by atomic mass is 32.2. The van der Waals surface area contributed by atoms with E-state index in [1.807, 2.05) is 13.8 Å². The molecule has 1 atom stereocenters. The van der Waals surface area contributed by atoms with Crippen molar-refractivity contribution < 1.29 is 8.42 Å². The van der Waals surface area contributed by atoms with Crippen molar-refractivity contribution in [3.8, 4) is 0 Å². The average Bonchev–Trinajstić information content (AvgIpc) is 2.35. The Morgan fingerprint density at radius 3 is 1.84 bits per heavy atom. The maximum Gasteiger partial charge on any atom is 0.217 e. The molecule has 1 unspecified atom stereocenters. The van der Waals surface area contributed by atoms with Crippen LogP contribution in [0.5, 0.6) is 0 Å². The van der Waals surface area contributed by atoms with Crippen molar-refractivity contribution in [1.82, 2.24) is 9.62 Å². The zero-order valence-electron chi connectivity index (χ0n) is 13.3. The lowest BCUT2D eigenvalue weighted by Crippen LogP contribution is -2.44. The Morgan fingerprint density at radius 1 is 1.00 bits per heavy atom. The van der Waals surface area contributed by atoms with Crippen molar-refractivity contribution in [1.29, 1.82) is 0 Å². The minimum Gasteiger partial charge on any atom is -0.313 e. The number of nitrogens with one attached hydrogen (secondary N) is 1. The van der Waals surface area contributed by atoms with Gasteiger partial charge in [0.15, 0.2) is 0 Å². The summed E-state index contributed by atoms with van der Waals surface area (Å²) in [4.78, 5) is 0. The Balaban J connectivity index is 4.64. The van der Waals surface area contributed by atoms with Gasteiger partial charge in [-0.2, -0.15) is 0 Å². The van der Waals surface area contributed by atoms with Gasteiger partial charge in [0.1, 0.15) is 0 Å². The molecule has 0 aromatic carbocycles. The highest BCUT2D eigenvalue weighted by Gasteiger charge is 2.27. The second kappa shape index (κ2) is 9.72. The van der Waals surface area contributed by atoms with Crippen LogP contribution in [0.25, 0.3) is 0 Å². The molecular weight excluding hydrogens is 260 g/mol. The van der Waals surface area contributed by atoms with Gasteiger partial charge in [0.25, 0.3) is 0 Å². The van der Waals surface area contributed by atoms with Crippen LogP contribution in [-0.2, 0) is 10.0 Å². The van der Waals surface area contributed by atoms with E-state index < -0.39 is 10.0 Å². The maximum atomic E-state index is 12.5. The van der Waals surface area contributed by atoms with E-state index in [1.165, 1.54) is 0 Å². The molecule has 19 heavy (non-hydrogen) atoms. The molecule has 0 aliphatic rings. The second-order valence-corrected chi connectivity index (χ2v) is 7.88. The fraction of sp³-hybridized carbons (Fsp3) is 1.00. The highest BCUT2D eigenvalue weighted by Crippen LogP contribution is 2.12. The molecule has 0 aromatic heterocycles. The van der Waals surface area contributed by atoms with Gasteiger partial charge < -0.3 is 5.32 Å². The first-order chi connectivity index (χ1) is 8.86. The molecule has 0 fully saturated rings. The molecule has 0 aliphatic heterocycles. The fourth-order valence-corrected chi connectivity index (χ4v) is 3.38. The van der Waals surface area contributed by atoms with Crippen molar-refractivity contribution in [2.24, 2.45) is 0 Å². The number of nitrogens with zero attached hydrogens (tertiary/aromatic N) is 1. The van der Waals surface area contributed by atoms with E-state index in [2.05, 4.69) is 19.2 Å². The predicted molar refractivity (Wildman–Crippen MR) is 82.9 cm³/mol. The highest BCUT2D eigenvalue weighted by molar-refractivity contribution is 7.89. The van der Waals surface area contributed by atoms with E-state index in [0.717, 1.165) is 25.7 Å². The smallest absolute Gasteiger partial charge is 0.217 e. The molecule has 5 heteroatoms. The molecule has 0 amide bonds. The Hall–Kier alpha value is -0.130. The monoisotopic (exact) mass is 292 g/mol. The fourth-order valence-electron chi connectivity index (χ4n) is 1.80. The zero-order chi connectivity index (χ0) is 14.9. The quantitative estimate of drug-likeness (QED) is 0.637. The van der Waals surface area contributed by atoms with Gasteiger partial charge in [-0.05, 0) is 19.8 Å². The first kappa shape index (κ1) is 18.9. The van der Waals surface area contributed by atoms with Crippen LogP contribution in [0.2, 0.25) is 0 Å². The van der Waals surface area contributed by atoms with E-state index in [-0.39, 0.29) is 5.25 Å². The molecule has 0 radical (unpaired) electrons. The summed E-state index contributed by atoms with van der Waals surface area (Å²) in [5.41, 5.74) is 0. The molecule has 0 saturated heterocycles. The largest absolute Gasteiger partial charge is 0.313 e. The summed E-state index contributed by atoms with van der Waals surface area (Å²) < 4.78 is 26.8. The van der Waals surface area contributed by atoms with Crippen LogP contribution in [0, 0.1) is 0 Å². The van der Waals surface area contributed by atoms with Gasteiger partial charge in [-0.25, -0.2) is 12.7 Å². The molecule has 0 heterocycles. The maximum absolute atomic E-state index is 12.5. The topological polar surface area (TPSA) is 49.4 Å². The Labute approximate surface area is 120 Å². The Bertz CT molecular complexity index is 307. The van der Waals surface area contributed by atoms with Gasteiger partial charge in [0, 0.05) is 25.7 Å². The van der Waals surface area contributed by atoms with Gasteiger partial charge in [0.2, 0.25) is 10.0 Å². The Kier molecular flexibility index (Phi) is 9.66. The van der Waals surface area contributed by atoms with Crippen LogP contribution in [0.4, 0.5) is 0 Å². The minimum atomic E-state index is -3.17. The van der Waals surface area contributed by atoms with E-state index in [4.69, 9.17) is 0 Å². The summed E-state index contributed by atoms with van der Waals surface area (Å²) in [6, 6.07) is 0.317. The Morgan fingerprint density at radius 2 is 1.47 bits per heavy atom. The van der Waals surface area contributed by atoms with Crippen LogP contribution in [0.1, 0.15) is 60.3 Å². The molecule has 0 rings (SSSR count). The zero-order valence-corrected chi connectivity index (χ0v) is 14.1. The first-order valence-electron chi connectivity index (χ1n) is 7.58. The second-order valence-electron chi connectivity index (χ2n) is 5.52. The van der Waals surface area contributed by atoms with Crippen molar-refractivity contribution in [3.05, 3.63) is 0 Å². The summed E-state index contributed by atoms with van der Waals surface area (Å²) in [6.45, 7) is 11.9. The van der Waals surface area contributed by atoms with Crippen LogP contribution in [-0.4, -0.2) is 43.6 Å². The summed E-state index contributed by atoms with van der Waals surface area (Å²) in [6.07, 6.45) is 3.92. The summed E-state index contributed by atoms with van der Waals surface area (Å²) in [5, 5.41) is 2.85. The molecule has 0 bridgehead atoms. The predicted octanol–water partition coefficient (Wildman–Crippen LogP) is 2.60. The van der Waals surface area contributed by atoms with Crippen molar-refractivity contribution in [2.45, 2.75) is 71.6 Å². The van der Waals surface area contributed by atoms with Crippen LogP contribution < -0.4 is 5.32 Å². The van der Waals surface area contributed by atoms with E-state index in [9.17, 15) is 8.42 Å². The summed E-state index contributed by atoms with van der Waals surface area (Å²) >= 11 is 0. The average molecular weight is 292 g/mol. The van der Waals surface area contributed by atoms with Crippen molar-refractivity contribution in [3.63, 3.8) is 0 Å². The molecule has 0 aliphatic carbocycles. The molecular formula is C14H32N2O2S. The summed E-state index contributed by atoms with van der Waals surface area (Å²) in [7, 11) is -3.17. The van der Waals surface area contributed by atoms with E-state index in [1.54, 1.807) is 11.2 Å². The van der Waals surface area contributed by atoms with Crippen molar-refractivity contribution in [2.75, 3.05) is 19.6 Å². The van der Waals surface area contributed by atoms with Crippen molar-refractivity contribution >= 4 is 10.0 Å². The molecule has 4 nitrogen and oxygen atoms in total. The first-order valence-corrected chi connectivity index (χ1v) is 9.08. The van der Waals surface area contributed by atoms with Crippen LogP contribution >= 0.6 is 0 Å². The molecule has 0 aromatic rings. The van der Waals surface area contributed by atoms with Gasteiger partial charge in [-0.15, -0.1) is 0 Å². The lowest BCUT2D eigenvalue weighted by molar-refractivity contribution is 0.387. The standard InChI is InChI=1S/C14H32N2O2S/c1-6-8-10-16(11-9-7-2)19(17,18)14(5)12-15-13(3)4/h13-15H,6-12H2,1-5H3. The number of rotatable bonds is 11. The lowest BCUT2D eigenvalue weighted by Gasteiger charge is -2.26. The normalized spacial score (nSPS) is 14.3. The van der Waals surface area contributed by atoms with Gasteiger partial charge in [-0.1, -0.05) is 40.5 Å². The molecule has 0 spiro atoms. The third-order valence-electron chi connectivity index (χ3n) is 3.20. The van der Waals surface area contributed by atoms with Crippen LogP contribution in [0.3, 0.4) is 0 Å². The van der Waals surface area contributed by atoms with Gasteiger partial charge >= 0.3 is 0 Å². The molecule has 116 valence electrons. The third-order valence-corrected chi connectivity index (χ3v) is 5.47. The number of hydrogen-bond acceptors (Lipinski definition) is 3. The number of unbranched alkanes of at least 4 members (excludes halogenated alkanes) is 2. The molecule has 1 N–H and O–H groups in total. The van der Waals surface area contributed by atoms with Gasteiger partial charge in [0.05, 0.1) is 5.25 Å². The van der Waals surface area contributed by atoms with E-state index >= 15 is 0 Å². The number of sulfonamides is 1. The van der Waals surface area contributed by atoms with Crippen LogP contribution in [0.15, 0.2) is 0 Å². The van der Waals surface area contributed by atoms with E-state index in [0.29, 0.717) is 25.7 Å². The minimum absolute atomic E-state index is 0.317. The number of hydrogen-bond donors (Lipinski definition) is 1. The lowest BCUT2D eigenvalue weighted by atomic mass is 10.3. The third kappa shape index (κ3) is 7.28. The molecule has 0 saturated carbocycles. The van der Waals surface area contributed by atoms with Gasteiger partial charge in [-0.3, -0.25) is 0 Å². The SMILES string of the molecule is CCCCN(CCCC)S(=O)(=O)C(C)CNC(C)C. The summed E-state index contributed by atoms with van der Waals surface area (Å²) in [5.74, 6) is 0.